The molecule has 0 aliphatic rings. The molecule has 0 saturated heterocycles. The molecule has 10 heavy (non-hydrogen) atoms. The van der Waals surface area contributed by atoms with Gasteiger partial charge in [0, 0.05) is 0 Å². The van der Waals surface area contributed by atoms with Crippen molar-refractivity contribution < 1.29 is 47.7 Å². The van der Waals surface area contributed by atoms with Crippen LogP contribution in [0.1, 0.15) is 0 Å². The van der Waals surface area contributed by atoms with Gasteiger partial charge in [-0.25, -0.2) is 4.21 Å². The van der Waals surface area contributed by atoms with Gasteiger partial charge in [-0.1, -0.05) is 6.58 Å². The fourth-order valence-corrected chi connectivity index (χ4v) is 0. The standard InChI is InChI=1S/C3H5NO.Na.H2O3S/c1-2-3(4)5;;1-4(2)3/h2H,1H2,(H2,4,5);;(H2,1,2,3)/q;+1;/p-1. The first-order chi connectivity index (χ1) is 4.00. The number of nitrogens with two attached hydrogens (primary N) is 1. The molecule has 0 aromatic rings. The van der Waals surface area contributed by atoms with E-state index in [0.717, 1.165) is 6.08 Å². The van der Waals surface area contributed by atoms with E-state index < -0.39 is 17.3 Å². The second-order valence-corrected chi connectivity index (χ2v) is 1.26. The molecule has 0 aliphatic heterocycles. The van der Waals surface area contributed by atoms with Crippen molar-refractivity contribution in [2.45, 2.75) is 0 Å². The number of hydrogen-bond donors (Lipinski definition) is 2. The van der Waals surface area contributed by atoms with Crippen LogP contribution in [0.15, 0.2) is 12.7 Å². The van der Waals surface area contributed by atoms with Crippen LogP contribution in [0.4, 0.5) is 0 Å². The molecular formula is C3H6NNaO4S. The monoisotopic (exact) mass is 175 g/mol. The Morgan fingerprint density at radius 3 is 1.90 bits per heavy atom. The minimum Gasteiger partial charge on any atom is -0.750 e. The van der Waals surface area contributed by atoms with Crippen molar-refractivity contribution in [2.75, 3.05) is 0 Å². The smallest absolute Gasteiger partial charge is 0.750 e. The molecule has 1 amide bonds. The third-order valence-electron chi connectivity index (χ3n) is 0.201. The summed E-state index contributed by atoms with van der Waals surface area (Å²) in [5, 5.41) is 0. The maximum Gasteiger partial charge on any atom is 1.00 e. The predicted octanol–water partition coefficient (Wildman–Crippen LogP) is -4.00. The van der Waals surface area contributed by atoms with Crippen molar-refractivity contribution in [3.05, 3.63) is 12.7 Å². The van der Waals surface area contributed by atoms with Gasteiger partial charge in [0.15, 0.2) is 0 Å². The molecule has 3 N–H and O–H groups in total. The van der Waals surface area contributed by atoms with Gasteiger partial charge >= 0.3 is 29.6 Å². The molecule has 0 saturated carbocycles. The van der Waals surface area contributed by atoms with Crippen molar-refractivity contribution in [3.8, 4) is 0 Å². The second kappa shape index (κ2) is 12.0. The Labute approximate surface area is 83.1 Å². The van der Waals surface area contributed by atoms with E-state index in [9.17, 15) is 4.79 Å². The third-order valence-corrected chi connectivity index (χ3v) is 0.201. The van der Waals surface area contributed by atoms with Crippen molar-refractivity contribution >= 4 is 17.3 Å². The Bertz CT molecular complexity index is 124. The Balaban J connectivity index is -0.0000000910. The zero-order chi connectivity index (χ0) is 7.86. The van der Waals surface area contributed by atoms with E-state index in [1.807, 2.05) is 0 Å². The van der Waals surface area contributed by atoms with Crippen molar-refractivity contribution in [1.29, 1.82) is 0 Å². The van der Waals surface area contributed by atoms with Crippen molar-refractivity contribution in [1.82, 2.24) is 0 Å². The van der Waals surface area contributed by atoms with Crippen molar-refractivity contribution in [2.24, 2.45) is 5.73 Å². The normalized spacial score (nSPS) is 9.40. The van der Waals surface area contributed by atoms with Crippen molar-refractivity contribution in [3.63, 3.8) is 0 Å². The van der Waals surface area contributed by atoms with Gasteiger partial charge in [-0.15, -0.1) is 0 Å². The van der Waals surface area contributed by atoms with Gasteiger partial charge in [-0.3, -0.25) is 4.79 Å². The average Bonchev–Trinajstić information content (AvgIpc) is 1.65. The topological polar surface area (TPSA) is 103 Å². The zero-order valence-corrected chi connectivity index (χ0v) is 8.26. The first-order valence-corrected chi connectivity index (χ1v) is 2.74. The molecule has 0 rings (SSSR count). The Kier molecular flexibility index (Phi) is 20.1. The zero-order valence-electron chi connectivity index (χ0n) is 5.44. The molecule has 5 nitrogen and oxygen atoms in total. The largest absolute Gasteiger partial charge is 1.00 e. The minimum atomic E-state index is -2.86. The molecule has 0 spiro atoms. The maximum absolute atomic E-state index is 9.47. The number of carbonyl (C=O) groups is 1. The summed E-state index contributed by atoms with van der Waals surface area (Å²) in [7, 11) is 0. The van der Waals surface area contributed by atoms with Crippen LogP contribution in [-0.2, 0) is 16.2 Å². The fourth-order valence-electron chi connectivity index (χ4n) is 0. The molecule has 0 aliphatic carbocycles. The molecule has 0 aromatic carbocycles. The maximum atomic E-state index is 9.47. The number of carbonyl (C=O) groups excluding carboxylic acids is 1. The van der Waals surface area contributed by atoms with Crippen LogP contribution >= 0.6 is 0 Å². The molecular weight excluding hydrogens is 169 g/mol. The molecule has 1 unspecified atom stereocenters. The van der Waals surface area contributed by atoms with Gasteiger partial charge in [0.1, 0.15) is 0 Å². The van der Waals surface area contributed by atoms with Gasteiger partial charge in [0.05, 0.1) is 11.4 Å². The number of rotatable bonds is 1. The van der Waals surface area contributed by atoms with E-state index in [2.05, 4.69) is 12.3 Å². The molecule has 7 heteroatoms. The summed E-state index contributed by atoms with van der Waals surface area (Å²) < 4.78 is 24.1. The Morgan fingerprint density at radius 1 is 1.80 bits per heavy atom. The summed E-state index contributed by atoms with van der Waals surface area (Å²) >= 11 is -2.86. The summed E-state index contributed by atoms with van der Waals surface area (Å²) in [6, 6.07) is 0. The molecule has 0 heterocycles. The van der Waals surface area contributed by atoms with E-state index in [1.54, 1.807) is 0 Å². The number of hydrogen-bond acceptors (Lipinski definition) is 3. The number of amides is 1. The SMILES string of the molecule is C=CC(N)=O.O=S([O-])O.[Na+]. The summed E-state index contributed by atoms with van der Waals surface area (Å²) in [6.45, 7) is 3.09. The molecule has 0 fully saturated rings. The summed E-state index contributed by atoms with van der Waals surface area (Å²) in [5.41, 5.74) is 4.53. The van der Waals surface area contributed by atoms with Crippen LogP contribution in [0.5, 0.6) is 0 Å². The van der Waals surface area contributed by atoms with E-state index in [-0.39, 0.29) is 29.6 Å². The van der Waals surface area contributed by atoms with Crippen LogP contribution in [-0.4, -0.2) is 19.2 Å². The quantitative estimate of drug-likeness (QED) is 0.241. The summed E-state index contributed by atoms with van der Waals surface area (Å²) in [6.07, 6.45) is 1.06. The summed E-state index contributed by atoms with van der Waals surface area (Å²) in [5.74, 6) is -0.481. The molecule has 0 bridgehead atoms. The fraction of sp³-hybridized carbons (Fsp3) is 0. The van der Waals surface area contributed by atoms with Gasteiger partial charge < -0.3 is 14.8 Å². The van der Waals surface area contributed by atoms with Gasteiger partial charge in [0.2, 0.25) is 5.91 Å². The minimum absolute atomic E-state index is 0. The van der Waals surface area contributed by atoms with Crippen LogP contribution in [0.25, 0.3) is 0 Å². The van der Waals surface area contributed by atoms with Crippen LogP contribution in [0.2, 0.25) is 0 Å². The third kappa shape index (κ3) is 84.4. The second-order valence-electron chi connectivity index (χ2n) is 0.824. The van der Waals surface area contributed by atoms with Crippen LogP contribution in [0.3, 0.4) is 0 Å². The van der Waals surface area contributed by atoms with Gasteiger partial charge in [-0.2, -0.15) is 0 Å². The van der Waals surface area contributed by atoms with E-state index in [0.29, 0.717) is 0 Å². The predicted molar refractivity (Wildman–Crippen MR) is 30.9 cm³/mol. The van der Waals surface area contributed by atoms with E-state index >= 15 is 0 Å². The average molecular weight is 175 g/mol. The number of primary amides is 1. The van der Waals surface area contributed by atoms with Crippen LogP contribution in [0, 0.1) is 0 Å². The summed E-state index contributed by atoms with van der Waals surface area (Å²) in [4.78, 5) is 9.47. The Morgan fingerprint density at radius 2 is 1.90 bits per heavy atom. The Hall–Kier alpha value is 0.280. The molecule has 0 radical (unpaired) electrons. The van der Waals surface area contributed by atoms with E-state index in [4.69, 9.17) is 13.3 Å². The van der Waals surface area contributed by atoms with E-state index in [1.165, 1.54) is 0 Å². The first-order valence-electron chi connectivity index (χ1n) is 1.71. The van der Waals surface area contributed by atoms with Crippen LogP contribution < -0.4 is 35.3 Å². The molecule has 0 aromatic heterocycles. The molecule has 54 valence electrons. The molecule has 1 atom stereocenters. The van der Waals surface area contributed by atoms with Gasteiger partial charge in [0.25, 0.3) is 0 Å². The first kappa shape index (κ1) is 16.7. The van der Waals surface area contributed by atoms with Gasteiger partial charge in [-0.05, 0) is 6.08 Å².